The van der Waals surface area contributed by atoms with Gasteiger partial charge in [-0.25, -0.2) is 0 Å². The lowest BCUT2D eigenvalue weighted by Crippen LogP contribution is -2.59. The molecule has 0 aromatic heterocycles. The maximum absolute atomic E-state index is 12.8. The van der Waals surface area contributed by atoms with Crippen molar-refractivity contribution in [3.63, 3.8) is 0 Å². The van der Waals surface area contributed by atoms with Crippen molar-refractivity contribution in [3.8, 4) is 0 Å². The summed E-state index contributed by atoms with van der Waals surface area (Å²) >= 11 is 0. The van der Waals surface area contributed by atoms with E-state index in [4.69, 9.17) is 18.9 Å². The van der Waals surface area contributed by atoms with Gasteiger partial charge in [0.2, 0.25) is 0 Å². The minimum Gasteiger partial charge on any atom is -0.457 e. The molecule has 0 aromatic carbocycles. The minimum absolute atomic E-state index is 0.113. The van der Waals surface area contributed by atoms with E-state index < -0.39 is 43.4 Å². The van der Waals surface area contributed by atoms with Crippen LogP contribution in [0.1, 0.15) is 219 Å². The standard InChI is InChI=1S/C49H92O9/c1-3-5-7-9-11-13-15-17-18-19-20-21-22-23-24-25-26-27-28-30-32-34-36-38-45(51)57-43(42-56-49-48(54)47(53)46(52)44(40-50)58-49)41-55-39-37-35-33-31-29-16-14-12-10-8-6-4-2/h10,12,19-20,43-44,46-50,52-54H,3-9,11,13-18,21-42H2,1-2H3/b12-10-,20-19-. The van der Waals surface area contributed by atoms with Crippen molar-refractivity contribution < 1.29 is 44.2 Å². The van der Waals surface area contributed by atoms with E-state index in [1.165, 1.54) is 161 Å². The molecule has 4 N–H and O–H groups in total. The predicted octanol–water partition coefficient (Wildman–Crippen LogP) is 11.4. The van der Waals surface area contributed by atoms with Crippen LogP contribution in [-0.2, 0) is 23.7 Å². The molecule has 6 atom stereocenters. The minimum atomic E-state index is -1.54. The third-order valence-corrected chi connectivity index (χ3v) is 11.3. The molecule has 58 heavy (non-hydrogen) atoms. The summed E-state index contributed by atoms with van der Waals surface area (Å²) in [5, 5.41) is 40.1. The van der Waals surface area contributed by atoms with E-state index in [0.717, 1.165) is 38.5 Å². The van der Waals surface area contributed by atoms with Gasteiger partial charge >= 0.3 is 5.97 Å². The Labute approximate surface area is 356 Å². The second-order valence-corrected chi connectivity index (χ2v) is 16.9. The number of carbonyl (C=O) groups excluding carboxylic acids is 1. The molecule has 1 aliphatic rings. The zero-order valence-corrected chi connectivity index (χ0v) is 37.6. The van der Waals surface area contributed by atoms with E-state index in [1.54, 1.807) is 0 Å². The molecular formula is C49H92O9. The van der Waals surface area contributed by atoms with Crippen LogP contribution >= 0.6 is 0 Å². The van der Waals surface area contributed by atoms with Gasteiger partial charge in [0, 0.05) is 13.0 Å². The summed E-state index contributed by atoms with van der Waals surface area (Å²) in [5.74, 6) is -0.315. The Balaban J connectivity index is 2.18. The molecule has 0 saturated carbocycles. The van der Waals surface area contributed by atoms with Gasteiger partial charge in [-0.15, -0.1) is 0 Å². The van der Waals surface area contributed by atoms with Crippen molar-refractivity contribution in [2.24, 2.45) is 0 Å². The topological polar surface area (TPSA) is 135 Å². The highest BCUT2D eigenvalue weighted by Crippen LogP contribution is 2.23. The van der Waals surface area contributed by atoms with E-state index in [0.29, 0.717) is 13.0 Å². The Morgan fingerprint density at radius 1 is 0.534 bits per heavy atom. The van der Waals surface area contributed by atoms with Crippen molar-refractivity contribution in [3.05, 3.63) is 24.3 Å². The fraction of sp³-hybridized carbons (Fsp3) is 0.898. The van der Waals surface area contributed by atoms with E-state index >= 15 is 0 Å². The number of allylic oxidation sites excluding steroid dienone is 4. The van der Waals surface area contributed by atoms with Crippen LogP contribution in [0.15, 0.2) is 24.3 Å². The molecule has 342 valence electrons. The average molecular weight is 825 g/mol. The molecule has 0 bridgehead atoms. The van der Waals surface area contributed by atoms with E-state index in [9.17, 15) is 25.2 Å². The molecular weight excluding hydrogens is 733 g/mol. The summed E-state index contributed by atoms with van der Waals surface area (Å²) < 4.78 is 22.8. The molecule has 0 amide bonds. The Morgan fingerprint density at radius 2 is 0.966 bits per heavy atom. The number of carbonyl (C=O) groups is 1. The zero-order chi connectivity index (χ0) is 42.2. The van der Waals surface area contributed by atoms with Crippen LogP contribution < -0.4 is 0 Å². The fourth-order valence-corrected chi connectivity index (χ4v) is 7.47. The molecule has 1 fully saturated rings. The number of aliphatic hydroxyl groups is 4. The van der Waals surface area contributed by atoms with Crippen molar-refractivity contribution in [2.45, 2.75) is 256 Å². The smallest absolute Gasteiger partial charge is 0.306 e. The zero-order valence-electron chi connectivity index (χ0n) is 37.6. The van der Waals surface area contributed by atoms with E-state index in [2.05, 4.69) is 38.2 Å². The van der Waals surface area contributed by atoms with Crippen LogP contribution in [0.5, 0.6) is 0 Å². The highest BCUT2D eigenvalue weighted by molar-refractivity contribution is 5.69. The summed E-state index contributed by atoms with van der Waals surface area (Å²) in [4.78, 5) is 12.8. The first-order chi connectivity index (χ1) is 28.4. The lowest BCUT2D eigenvalue weighted by molar-refractivity contribution is -0.305. The van der Waals surface area contributed by atoms with Crippen molar-refractivity contribution >= 4 is 5.97 Å². The van der Waals surface area contributed by atoms with Crippen molar-refractivity contribution in [2.75, 3.05) is 26.4 Å². The van der Waals surface area contributed by atoms with Gasteiger partial charge in [0.25, 0.3) is 0 Å². The van der Waals surface area contributed by atoms with Crippen LogP contribution in [0.25, 0.3) is 0 Å². The van der Waals surface area contributed by atoms with Gasteiger partial charge in [-0.1, -0.05) is 179 Å². The summed E-state index contributed by atoms with van der Waals surface area (Å²) in [6.45, 7) is 4.53. The summed E-state index contributed by atoms with van der Waals surface area (Å²) in [6, 6.07) is 0. The van der Waals surface area contributed by atoms with Gasteiger partial charge in [-0.3, -0.25) is 4.79 Å². The molecule has 1 aliphatic heterocycles. The van der Waals surface area contributed by atoms with Gasteiger partial charge < -0.3 is 39.4 Å². The molecule has 0 radical (unpaired) electrons. The SMILES string of the molecule is CCCC/C=C\CCCCCCCCOCC(COC1OC(CO)C(O)C(O)C1O)OC(=O)CCCCCCCCCCCCC/C=C\CCCCCCCCCC. The lowest BCUT2D eigenvalue weighted by atomic mass is 9.99. The molecule has 9 heteroatoms. The van der Waals surface area contributed by atoms with Crippen LogP contribution in [-0.4, -0.2) is 89.6 Å². The summed E-state index contributed by atoms with van der Waals surface area (Å²) in [6.07, 6.45) is 40.7. The number of esters is 1. The maximum atomic E-state index is 12.8. The van der Waals surface area contributed by atoms with Gasteiger partial charge in [0.1, 0.15) is 30.5 Å². The molecule has 6 unspecified atom stereocenters. The third kappa shape index (κ3) is 31.5. The van der Waals surface area contributed by atoms with Gasteiger partial charge in [0.15, 0.2) is 6.29 Å². The summed E-state index contributed by atoms with van der Waals surface area (Å²) in [7, 11) is 0. The monoisotopic (exact) mass is 825 g/mol. The number of hydrogen-bond acceptors (Lipinski definition) is 9. The van der Waals surface area contributed by atoms with Crippen molar-refractivity contribution in [1.29, 1.82) is 0 Å². The van der Waals surface area contributed by atoms with E-state index in [1.807, 2.05) is 0 Å². The van der Waals surface area contributed by atoms with Gasteiger partial charge in [-0.2, -0.15) is 0 Å². The molecule has 0 spiro atoms. The van der Waals surface area contributed by atoms with Crippen LogP contribution in [0.2, 0.25) is 0 Å². The Kier molecular flexibility index (Phi) is 38.7. The first kappa shape index (κ1) is 54.7. The third-order valence-electron chi connectivity index (χ3n) is 11.3. The lowest BCUT2D eigenvalue weighted by Gasteiger charge is -2.39. The second-order valence-electron chi connectivity index (χ2n) is 16.9. The molecule has 0 aromatic rings. The van der Waals surface area contributed by atoms with Gasteiger partial charge in [-0.05, 0) is 57.8 Å². The first-order valence-electron chi connectivity index (χ1n) is 24.4. The molecule has 0 aliphatic carbocycles. The highest BCUT2D eigenvalue weighted by Gasteiger charge is 2.44. The number of unbranched alkanes of at least 4 members (excludes halogenated alkanes) is 27. The van der Waals surface area contributed by atoms with Crippen LogP contribution in [0.3, 0.4) is 0 Å². The number of hydrogen-bond donors (Lipinski definition) is 4. The number of ether oxygens (including phenoxy) is 4. The van der Waals surface area contributed by atoms with Crippen LogP contribution in [0.4, 0.5) is 0 Å². The Morgan fingerprint density at radius 3 is 1.45 bits per heavy atom. The Bertz CT molecular complexity index is 941. The largest absolute Gasteiger partial charge is 0.457 e. The van der Waals surface area contributed by atoms with Gasteiger partial charge in [0.05, 0.1) is 19.8 Å². The fourth-order valence-electron chi connectivity index (χ4n) is 7.47. The maximum Gasteiger partial charge on any atom is 0.306 e. The molecule has 9 nitrogen and oxygen atoms in total. The molecule has 1 rings (SSSR count). The number of aliphatic hydroxyl groups excluding tert-OH is 4. The van der Waals surface area contributed by atoms with Crippen molar-refractivity contribution in [1.82, 2.24) is 0 Å². The molecule has 1 heterocycles. The normalized spacial score (nSPS) is 20.4. The first-order valence-corrected chi connectivity index (χ1v) is 24.4. The summed E-state index contributed by atoms with van der Waals surface area (Å²) in [5.41, 5.74) is 0. The highest BCUT2D eigenvalue weighted by atomic mass is 16.7. The molecule has 1 saturated heterocycles. The Hall–Kier alpha value is -1.33. The number of rotatable bonds is 42. The quantitative estimate of drug-likeness (QED) is 0.0269. The second kappa shape index (κ2) is 41.0. The van der Waals surface area contributed by atoms with E-state index in [-0.39, 0.29) is 19.2 Å². The predicted molar refractivity (Wildman–Crippen MR) is 238 cm³/mol. The average Bonchev–Trinajstić information content (AvgIpc) is 3.22. The van der Waals surface area contributed by atoms with Crippen LogP contribution in [0, 0.1) is 0 Å².